The maximum atomic E-state index is 12.0. The third-order valence-corrected chi connectivity index (χ3v) is 2.93. The number of aliphatic hydroxyl groups excluding tert-OH is 1. The van der Waals surface area contributed by atoms with E-state index in [0.29, 0.717) is 11.4 Å². The van der Waals surface area contributed by atoms with Crippen molar-refractivity contribution in [1.82, 2.24) is 4.90 Å². The molecule has 1 aromatic rings. The van der Waals surface area contributed by atoms with Crippen LogP contribution in [-0.4, -0.2) is 48.2 Å². The predicted octanol–water partition coefficient (Wildman–Crippen LogP) is 0.522. The van der Waals surface area contributed by atoms with Gasteiger partial charge in [0, 0.05) is 17.5 Å². The second-order valence-electron chi connectivity index (χ2n) is 4.40. The summed E-state index contributed by atoms with van der Waals surface area (Å²) in [5, 5.41) is 14.1. The van der Waals surface area contributed by atoms with Crippen LogP contribution in [0, 0.1) is 0 Å². The van der Waals surface area contributed by atoms with E-state index in [9.17, 15) is 14.4 Å². The van der Waals surface area contributed by atoms with E-state index in [0.717, 1.165) is 4.90 Å². The molecule has 22 heavy (non-hydrogen) atoms. The molecule has 2 rings (SSSR count). The number of rotatable bonds is 5. The fraction of sp³-hybridized carbons (Fsp3) is 0.214. The van der Waals surface area contributed by atoms with Crippen LogP contribution in [0.15, 0.2) is 36.0 Å². The SMILES string of the molecule is COC(=O)Nc1ccc(NC2=CC(=O)N(CCO)C2=O)cc1. The van der Waals surface area contributed by atoms with E-state index >= 15 is 0 Å². The molecular formula is C14H15N3O5. The number of ether oxygens (including phenoxy) is 1. The maximum absolute atomic E-state index is 12.0. The molecule has 0 atom stereocenters. The van der Waals surface area contributed by atoms with Gasteiger partial charge in [0.2, 0.25) is 0 Å². The normalized spacial score (nSPS) is 13.9. The molecule has 0 bridgehead atoms. The molecule has 1 aliphatic heterocycles. The number of benzene rings is 1. The average Bonchev–Trinajstić information content (AvgIpc) is 2.77. The number of anilines is 2. The Morgan fingerprint density at radius 2 is 1.86 bits per heavy atom. The first kappa shape index (κ1) is 15.5. The lowest BCUT2D eigenvalue weighted by Gasteiger charge is -2.13. The summed E-state index contributed by atoms with van der Waals surface area (Å²) in [6.45, 7) is -0.326. The highest BCUT2D eigenvalue weighted by atomic mass is 16.5. The van der Waals surface area contributed by atoms with Gasteiger partial charge in [-0.05, 0) is 24.3 Å². The third kappa shape index (κ3) is 3.41. The Morgan fingerprint density at radius 3 is 2.45 bits per heavy atom. The van der Waals surface area contributed by atoms with Gasteiger partial charge in [0.05, 0.1) is 20.3 Å². The molecule has 3 N–H and O–H groups in total. The van der Waals surface area contributed by atoms with Gasteiger partial charge >= 0.3 is 6.09 Å². The fourth-order valence-electron chi connectivity index (χ4n) is 1.87. The van der Waals surface area contributed by atoms with E-state index < -0.39 is 17.9 Å². The number of nitrogens with one attached hydrogen (secondary N) is 2. The molecule has 0 radical (unpaired) electrons. The maximum Gasteiger partial charge on any atom is 0.411 e. The van der Waals surface area contributed by atoms with E-state index in [4.69, 9.17) is 5.11 Å². The highest BCUT2D eigenvalue weighted by Gasteiger charge is 2.30. The van der Waals surface area contributed by atoms with Crippen molar-refractivity contribution < 1.29 is 24.2 Å². The van der Waals surface area contributed by atoms with Crippen molar-refractivity contribution >= 4 is 29.3 Å². The molecule has 0 fully saturated rings. The van der Waals surface area contributed by atoms with E-state index in [1.807, 2.05) is 0 Å². The molecule has 0 aliphatic carbocycles. The molecular weight excluding hydrogens is 290 g/mol. The lowest BCUT2D eigenvalue weighted by molar-refractivity contribution is -0.137. The minimum atomic E-state index is -0.584. The van der Waals surface area contributed by atoms with Crippen LogP contribution < -0.4 is 10.6 Å². The van der Waals surface area contributed by atoms with Crippen molar-refractivity contribution in [3.05, 3.63) is 36.0 Å². The molecule has 0 unspecified atom stereocenters. The molecule has 8 nitrogen and oxygen atoms in total. The number of hydrogen-bond donors (Lipinski definition) is 3. The molecule has 1 aliphatic rings. The lowest BCUT2D eigenvalue weighted by atomic mass is 10.2. The Kier molecular flexibility index (Phi) is 4.74. The van der Waals surface area contributed by atoms with Crippen LogP contribution in [0.2, 0.25) is 0 Å². The van der Waals surface area contributed by atoms with Crippen LogP contribution in [0.1, 0.15) is 0 Å². The van der Waals surface area contributed by atoms with E-state index in [1.165, 1.54) is 13.2 Å². The molecule has 3 amide bonds. The minimum absolute atomic E-state index is 0.0403. The number of carbonyl (C=O) groups excluding carboxylic acids is 3. The fourth-order valence-corrected chi connectivity index (χ4v) is 1.87. The Morgan fingerprint density at radius 1 is 1.23 bits per heavy atom. The minimum Gasteiger partial charge on any atom is -0.453 e. The molecule has 0 saturated heterocycles. The van der Waals surface area contributed by atoms with Gasteiger partial charge in [-0.15, -0.1) is 0 Å². The topological polar surface area (TPSA) is 108 Å². The third-order valence-electron chi connectivity index (χ3n) is 2.93. The van der Waals surface area contributed by atoms with Crippen LogP contribution in [0.25, 0.3) is 0 Å². The Hall–Kier alpha value is -2.87. The van der Waals surface area contributed by atoms with Crippen molar-refractivity contribution in [3.8, 4) is 0 Å². The number of hydrogen-bond acceptors (Lipinski definition) is 6. The number of methoxy groups -OCH3 is 1. The second-order valence-corrected chi connectivity index (χ2v) is 4.40. The highest BCUT2D eigenvalue weighted by molar-refractivity contribution is 6.17. The van der Waals surface area contributed by atoms with E-state index in [2.05, 4.69) is 15.4 Å². The number of carbonyl (C=O) groups is 3. The van der Waals surface area contributed by atoms with E-state index in [1.54, 1.807) is 24.3 Å². The van der Waals surface area contributed by atoms with Crippen LogP contribution in [-0.2, 0) is 14.3 Å². The van der Waals surface area contributed by atoms with Gasteiger partial charge in [0.25, 0.3) is 11.8 Å². The van der Waals surface area contributed by atoms with Crippen molar-refractivity contribution in [2.45, 2.75) is 0 Å². The Labute approximate surface area is 126 Å². The van der Waals surface area contributed by atoms with Crippen molar-refractivity contribution in [2.24, 2.45) is 0 Å². The van der Waals surface area contributed by atoms with Gasteiger partial charge in [-0.25, -0.2) is 4.79 Å². The molecule has 1 aromatic carbocycles. The van der Waals surface area contributed by atoms with Gasteiger partial charge in [0.15, 0.2) is 0 Å². The van der Waals surface area contributed by atoms with Gasteiger partial charge in [-0.1, -0.05) is 0 Å². The quantitative estimate of drug-likeness (QED) is 0.685. The second kappa shape index (κ2) is 6.72. The molecule has 1 heterocycles. The first-order valence-electron chi connectivity index (χ1n) is 6.45. The Bertz CT molecular complexity index is 624. The zero-order valence-corrected chi connectivity index (χ0v) is 11.8. The summed E-state index contributed by atoms with van der Waals surface area (Å²) in [7, 11) is 1.26. The standard InChI is InChI=1S/C14H15N3O5/c1-22-14(21)16-10-4-2-9(3-5-10)15-11-8-12(19)17(6-7-18)13(11)20/h2-5,8,15,18H,6-7H2,1H3,(H,16,21). The van der Waals surface area contributed by atoms with Crippen LogP contribution in [0.5, 0.6) is 0 Å². The van der Waals surface area contributed by atoms with Gasteiger partial charge in [0.1, 0.15) is 5.70 Å². The molecule has 0 aromatic heterocycles. The number of nitrogens with zero attached hydrogens (tertiary/aromatic N) is 1. The summed E-state index contributed by atoms with van der Waals surface area (Å²) in [4.78, 5) is 35.6. The number of amides is 3. The van der Waals surface area contributed by atoms with Gasteiger partial charge in [-0.3, -0.25) is 19.8 Å². The summed E-state index contributed by atoms with van der Waals surface area (Å²) in [6.07, 6.45) is 0.595. The molecule has 0 saturated carbocycles. The first-order valence-corrected chi connectivity index (χ1v) is 6.45. The average molecular weight is 305 g/mol. The van der Waals surface area contributed by atoms with Crippen LogP contribution in [0.4, 0.5) is 16.2 Å². The summed E-state index contributed by atoms with van der Waals surface area (Å²) < 4.78 is 4.47. The van der Waals surface area contributed by atoms with Gasteiger partial charge in [-0.2, -0.15) is 0 Å². The summed E-state index contributed by atoms with van der Waals surface area (Å²) in [5.74, 6) is -0.957. The summed E-state index contributed by atoms with van der Waals surface area (Å²) in [5.41, 5.74) is 1.24. The zero-order chi connectivity index (χ0) is 16.1. The van der Waals surface area contributed by atoms with Gasteiger partial charge < -0.3 is 15.2 Å². The summed E-state index contributed by atoms with van der Waals surface area (Å²) in [6, 6.07) is 6.51. The monoisotopic (exact) mass is 305 g/mol. The lowest BCUT2D eigenvalue weighted by Crippen LogP contribution is -2.34. The van der Waals surface area contributed by atoms with Crippen molar-refractivity contribution in [2.75, 3.05) is 30.9 Å². The van der Waals surface area contributed by atoms with E-state index in [-0.39, 0.29) is 18.8 Å². The number of aliphatic hydroxyl groups is 1. The first-order chi connectivity index (χ1) is 10.5. The van der Waals surface area contributed by atoms with Crippen LogP contribution >= 0.6 is 0 Å². The number of imide groups is 1. The van der Waals surface area contributed by atoms with Crippen LogP contribution in [0.3, 0.4) is 0 Å². The van der Waals surface area contributed by atoms with Crippen molar-refractivity contribution in [1.29, 1.82) is 0 Å². The smallest absolute Gasteiger partial charge is 0.411 e. The largest absolute Gasteiger partial charge is 0.453 e. The van der Waals surface area contributed by atoms with Crippen molar-refractivity contribution in [3.63, 3.8) is 0 Å². The molecule has 116 valence electrons. The zero-order valence-electron chi connectivity index (χ0n) is 11.8. The Balaban J connectivity index is 2.02. The highest BCUT2D eigenvalue weighted by Crippen LogP contribution is 2.19. The summed E-state index contributed by atoms with van der Waals surface area (Å²) >= 11 is 0. The predicted molar refractivity (Wildman–Crippen MR) is 78.0 cm³/mol. The molecule has 8 heteroatoms. The number of β-amino-alcohol motifs (C(OH)–C–C–N with tert-alkyl or cyclic N) is 1. The molecule has 0 spiro atoms.